The fourth-order valence-electron chi connectivity index (χ4n) is 2.15. The van der Waals surface area contributed by atoms with Crippen molar-refractivity contribution in [1.82, 2.24) is 9.62 Å². The molecule has 1 N–H and O–H groups in total. The van der Waals surface area contributed by atoms with Crippen molar-refractivity contribution in [2.45, 2.75) is 44.9 Å². The van der Waals surface area contributed by atoms with Gasteiger partial charge in [0, 0.05) is 26.1 Å². The molecular weight excluding hydrogens is 300 g/mol. The zero-order chi connectivity index (χ0) is 16.6. The van der Waals surface area contributed by atoms with E-state index in [1.807, 2.05) is 20.8 Å². The van der Waals surface area contributed by atoms with Gasteiger partial charge in [-0.15, -0.1) is 0 Å². The van der Waals surface area contributed by atoms with Crippen molar-refractivity contribution in [3.63, 3.8) is 0 Å². The van der Waals surface area contributed by atoms with Crippen LogP contribution in [0.4, 0.5) is 0 Å². The van der Waals surface area contributed by atoms with Crippen LogP contribution in [-0.2, 0) is 14.8 Å². The van der Waals surface area contributed by atoms with E-state index in [2.05, 4.69) is 4.72 Å². The summed E-state index contributed by atoms with van der Waals surface area (Å²) in [5.74, 6) is -0.00435. The summed E-state index contributed by atoms with van der Waals surface area (Å²) in [6, 6.07) is 6.65. The summed E-state index contributed by atoms with van der Waals surface area (Å²) in [7, 11) is -3.54. The summed E-state index contributed by atoms with van der Waals surface area (Å²) in [4.78, 5) is 14.1. The van der Waals surface area contributed by atoms with E-state index in [1.165, 1.54) is 0 Å². The molecule has 0 radical (unpaired) electrons. The Bertz CT molecular complexity index is 562. The normalized spacial score (nSPS) is 11.4. The van der Waals surface area contributed by atoms with Gasteiger partial charge in [0.25, 0.3) is 0 Å². The molecule has 1 rings (SSSR count). The number of hydrogen-bond donors (Lipinski definition) is 1. The van der Waals surface area contributed by atoms with Crippen LogP contribution in [0.5, 0.6) is 0 Å². The highest BCUT2D eigenvalue weighted by molar-refractivity contribution is 7.89. The second-order valence-electron chi connectivity index (χ2n) is 5.34. The number of rotatable bonds is 9. The Morgan fingerprint density at radius 1 is 1.09 bits per heavy atom. The van der Waals surface area contributed by atoms with Gasteiger partial charge in [-0.2, -0.15) is 0 Å². The van der Waals surface area contributed by atoms with E-state index < -0.39 is 10.0 Å². The van der Waals surface area contributed by atoms with Crippen molar-refractivity contribution in [2.24, 2.45) is 0 Å². The predicted octanol–water partition coefficient (Wildman–Crippen LogP) is 2.31. The first-order chi connectivity index (χ1) is 10.4. The molecule has 0 aromatic heterocycles. The Morgan fingerprint density at radius 3 is 2.14 bits per heavy atom. The van der Waals surface area contributed by atoms with Gasteiger partial charge in [0.1, 0.15) is 0 Å². The summed E-state index contributed by atoms with van der Waals surface area (Å²) in [5, 5.41) is 0. The fourth-order valence-corrected chi connectivity index (χ4v) is 3.18. The number of nitrogens with zero attached hydrogens (tertiary/aromatic N) is 1. The van der Waals surface area contributed by atoms with E-state index in [0.717, 1.165) is 31.5 Å². The van der Waals surface area contributed by atoms with Gasteiger partial charge in [-0.05, 0) is 31.9 Å². The molecule has 0 aliphatic rings. The molecule has 0 saturated heterocycles. The van der Waals surface area contributed by atoms with E-state index in [1.54, 1.807) is 29.2 Å². The maximum Gasteiger partial charge on any atom is 0.240 e. The predicted molar refractivity (Wildman–Crippen MR) is 88.1 cm³/mol. The number of hydrogen-bond acceptors (Lipinski definition) is 3. The highest BCUT2D eigenvalue weighted by Crippen LogP contribution is 2.09. The lowest BCUT2D eigenvalue weighted by Gasteiger charge is -2.21. The van der Waals surface area contributed by atoms with Crippen LogP contribution in [0.25, 0.3) is 0 Å². The highest BCUT2D eigenvalue weighted by atomic mass is 32.2. The molecule has 124 valence electrons. The Labute approximate surface area is 133 Å². The number of benzene rings is 1. The van der Waals surface area contributed by atoms with Crippen LogP contribution in [0.1, 0.15) is 38.7 Å². The average molecular weight is 326 g/mol. The van der Waals surface area contributed by atoms with Crippen molar-refractivity contribution < 1.29 is 13.2 Å². The van der Waals surface area contributed by atoms with Gasteiger partial charge in [-0.1, -0.05) is 31.5 Å². The number of sulfonamides is 1. The second-order valence-corrected chi connectivity index (χ2v) is 7.11. The summed E-state index contributed by atoms with van der Waals surface area (Å²) >= 11 is 0. The van der Waals surface area contributed by atoms with Crippen molar-refractivity contribution in [3.8, 4) is 0 Å². The molecule has 0 atom stereocenters. The standard InChI is InChI=1S/C16H26N2O3S/c1-4-12-18(13-5-2)16(19)10-11-17-22(20,21)15-8-6-14(3)7-9-15/h6-9,17H,4-5,10-13H2,1-3H3. The molecule has 1 aromatic rings. The molecule has 0 saturated carbocycles. The van der Waals surface area contributed by atoms with E-state index in [0.29, 0.717) is 0 Å². The van der Waals surface area contributed by atoms with Gasteiger partial charge >= 0.3 is 0 Å². The van der Waals surface area contributed by atoms with Crippen LogP contribution >= 0.6 is 0 Å². The Hall–Kier alpha value is -1.40. The average Bonchev–Trinajstić information content (AvgIpc) is 2.47. The van der Waals surface area contributed by atoms with Gasteiger partial charge < -0.3 is 4.90 Å². The third kappa shape index (κ3) is 5.77. The second kappa shape index (κ2) is 8.90. The molecule has 0 aliphatic heterocycles. The fraction of sp³-hybridized carbons (Fsp3) is 0.562. The molecule has 6 heteroatoms. The van der Waals surface area contributed by atoms with Gasteiger partial charge in [0.2, 0.25) is 15.9 Å². The maximum atomic E-state index is 12.1. The topological polar surface area (TPSA) is 66.5 Å². The minimum Gasteiger partial charge on any atom is -0.343 e. The summed E-state index contributed by atoms with van der Waals surface area (Å²) < 4.78 is 26.7. The molecule has 0 aliphatic carbocycles. The van der Waals surface area contributed by atoms with E-state index in [4.69, 9.17) is 0 Å². The molecule has 0 fully saturated rings. The lowest BCUT2D eigenvalue weighted by Crippen LogP contribution is -2.35. The minimum atomic E-state index is -3.54. The van der Waals surface area contributed by atoms with Crippen LogP contribution in [0.2, 0.25) is 0 Å². The summed E-state index contributed by atoms with van der Waals surface area (Å²) in [5.41, 5.74) is 1.00. The Kier molecular flexibility index (Phi) is 7.55. The van der Waals surface area contributed by atoms with Crippen LogP contribution in [0.3, 0.4) is 0 Å². The summed E-state index contributed by atoms with van der Waals surface area (Å²) in [6.07, 6.45) is 1.99. The van der Waals surface area contributed by atoms with Crippen molar-refractivity contribution in [3.05, 3.63) is 29.8 Å². The number of aryl methyl sites for hydroxylation is 1. The molecular formula is C16H26N2O3S. The van der Waals surface area contributed by atoms with Crippen molar-refractivity contribution >= 4 is 15.9 Å². The van der Waals surface area contributed by atoms with Crippen molar-refractivity contribution in [2.75, 3.05) is 19.6 Å². The number of nitrogens with one attached hydrogen (secondary N) is 1. The quantitative estimate of drug-likeness (QED) is 0.757. The largest absolute Gasteiger partial charge is 0.343 e. The SMILES string of the molecule is CCCN(CCC)C(=O)CCNS(=O)(=O)c1ccc(C)cc1. The molecule has 1 amide bonds. The molecule has 22 heavy (non-hydrogen) atoms. The van der Waals surface area contributed by atoms with Crippen LogP contribution in [0, 0.1) is 6.92 Å². The Morgan fingerprint density at radius 2 is 1.64 bits per heavy atom. The minimum absolute atomic E-state index is 0.00435. The van der Waals surface area contributed by atoms with Gasteiger partial charge in [0.15, 0.2) is 0 Å². The maximum absolute atomic E-state index is 12.1. The number of carbonyl (C=O) groups is 1. The monoisotopic (exact) mass is 326 g/mol. The van der Waals surface area contributed by atoms with Crippen molar-refractivity contribution in [1.29, 1.82) is 0 Å². The van der Waals surface area contributed by atoms with Crippen LogP contribution in [0.15, 0.2) is 29.2 Å². The van der Waals surface area contributed by atoms with E-state index in [-0.39, 0.29) is 23.8 Å². The lowest BCUT2D eigenvalue weighted by atomic mass is 10.2. The third-order valence-corrected chi connectivity index (χ3v) is 4.78. The van der Waals surface area contributed by atoms with Gasteiger partial charge in [-0.3, -0.25) is 4.79 Å². The number of amides is 1. The first-order valence-corrected chi connectivity index (χ1v) is 9.23. The molecule has 0 spiro atoms. The smallest absolute Gasteiger partial charge is 0.240 e. The Balaban J connectivity index is 2.54. The highest BCUT2D eigenvalue weighted by Gasteiger charge is 2.16. The first kappa shape index (κ1) is 18.6. The van der Waals surface area contributed by atoms with Crippen LogP contribution in [-0.4, -0.2) is 38.9 Å². The van der Waals surface area contributed by atoms with Crippen LogP contribution < -0.4 is 4.72 Å². The molecule has 0 unspecified atom stereocenters. The van der Waals surface area contributed by atoms with E-state index in [9.17, 15) is 13.2 Å². The van der Waals surface area contributed by atoms with E-state index >= 15 is 0 Å². The zero-order valence-electron chi connectivity index (χ0n) is 13.6. The lowest BCUT2D eigenvalue weighted by molar-refractivity contribution is -0.131. The number of carbonyl (C=O) groups excluding carboxylic acids is 1. The molecule has 5 nitrogen and oxygen atoms in total. The molecule has 1 aromatic carbocycles. The summed E-state index contributed by atoms with van der Waals surface area (Å²) in [6.45, 7) is 7.51. The van der Waals surface area contributed by atoms with Gasteiger partial charge in [-0.25, -0.2) is 13.1 Å². The molecule has 0 bridgehead atoms. The zero-order valence-corrected chi connectivity index (χ0v) is 14.4. The first-order valence-electron chi connectivity index (χ1n) is 7.74. The molecule has 0 heterocycles. The van der Waals surface area contributed by atoms with Gasteiger partial charge in [0.05, 0.1) is 4.90 Å². The third-order valence-electron chi connectivity index (χ3n) is 3.30.